The van der Waals surface area contributed by atoms with Crippen LogP contribution in [-0.2, 0) is 17.7 Å². The number of rotatable bonds is 4. The van der Waals surface area contributed by atoms with Gasteiger partial charge in [-0.05, 0) is 50.5 Å². The van der Waals surface area contributed by atoms with Crippen LogP contribution < -0.4 is 20.6 Å². The number of nitrogens with one attached hydrogen (secondary N) is 3. The number of fused-ring (bicyclic) bond motifs is 1. The molecule has 1 saturated heterocycles. The van der Waals surface area contributed by atoms with Crippen molar-refractivity contribution in [2.75, 3.05) is 38.1 Å². The van der Waals surface area contributed by atoms with Crippen molar-refractivity contribution in [3.05, 3.63) is 53.6 Å². The smallest absolute Gasteiger partial charge is 0.319 e. The molecule has 0 radical (unpaired) electrons. The van der Waals surface area contributed by atoms with Gasteiger partial charge in [-0.25, -0.2) is 14.8 Å². The van der Waals surface area contributed by atoms with Gasteiger partial charge in [0, 0.05) is 25.0 Å². The minimum atomic E-state index is -1.13. The van der Waals surface area contributed by atoms with Gasteiger partial charge in [-0.15, -0.1) is 0 Å². The summed E-state index contributed by atoms with van der Waals surface area (Å²) in [5.41, 5.74) is 3.79. The lowest BCUT2D eigenvalue weighted by Gasteiger charge is -2.32. The topological polar surface area (TPSA) is 124 Å². The fourth-order valence-electron chi connectivity index (χ4n) is 3.99. The van der Waals surface area contributed by atoms with Gasteiger partial charge in [-0.1, -0.05) is 12.1 Å². The Morgan fingerprint density at radius 3 is 2.74 bits per heavy atom. The van der Waals surface area contributed by atoms with Crippen LogP contribution in [0.3, 0.4) is 0 Å². The molecule has 1 fully saturated rings. The third-order valence-corrected chi connectivity index (χ3v) is 6.02. The normalized spacial score (nSPS) is 19.5. The zero-order valence-corrected chi connectivity index (χ0v) is 20.0. The molecule has 1 aromatic heterocycles. The summed E-state index contributed by atoms with van der Waals surface area (Å²) in [6.07, 6.45) is 2.84. The number of carbonyl (C=O) groups excluding carboxylic acids is 2. The summed E-state index contributed by atoms with van der Waals surface area (Å²) in [5, 5.41) is 16.1. The predicted molar refractivity (Wildman–Crippen MR) is 125 cm³/mol. The number of aromatic nitrogens is 2. The number of hydrogen-bond donors (Lipinski definition) is 3. The molecule has 4 rings (SSSR count). The molecule has 3 amide bonds. The van der Waals surface area contributed by atoms with Crippen molar-refractivity contribution in [2.45, 2.75) is 45.9 Å². The van der Waals surface area contributed by atoms with E-state index < -0.39 is 6.09 Å². The molecule has 0 saturated carbocycles. The molecule has 0 spiro atoms. The number of hydrogen-bond acceptors (Lipinski definition) is 6. The molecule has 3 heterocycles. The molecule has 2 aliphatic rings. The van der Waals surface area contributed by atoms with Gasteiger partial charge in [0.1, 0.15) is 31.6 Å². The van der Waals surface area contributed by atoms with Gasteiger partial charge in [-0.2, -0.15) is 0 Å². The molecular weight excluding hydrogens is 436 g/mol. The highest BCUT2D eigenvalue weighted by molar-refractivity contribution is 5.89. The van der Waals surface area contributed by atoms with E-state index in [-0.39, 0.29) is 12.1 Å². The first kappa shape index (κ1) is 25.4. The summed E-state index contributed by atoms with van der Waals surface area (Å²) in [7, 11) is 0. The number of quaternary nitrogens is 1. The van der Waals surface area contributed by atoms with Gasteiger partial charge >= 0.3 is 6.03 Å². The summed E-state index contributed by atoms with van der Waals surface area (Å²) >= 11 is 0. The van der Waals surface area contributed by atoms with Crippen LogP contribution in [0.15, 0.2) is 36.8 Å². The zero-order chi connectivity index (χ0) is 24.5. The van der Waals surface area contributed by atoms with Crippen molar-refractivity contribution in [3.8, 4) is 0 Å². The van der Waals surface area contributed by atoms with Crippen LogP contribution in [0, 0.1) is 0 Å². The molecule has 34 heavy (non-hydrogen) atoms. The maximum Gasteiger partial charge on any atom is 0.319 e. The minimum absolute atomic E-state index is 0.148. The molecule has 184 valence electrons. The molecule has 10 nitrogen and oxygen atoms in total. The van der Waals surface area contributed by atoms with Crippen LogP contribution in [0.5, 0.6) is 0 Å². The number of morpholine rings is 1. The Bertz CT molecular complexity index is 953. The minimum Gasteiger partial charge on any atom is -0.530 e. The van der Waals surface area contributed by atoms with Crippen LogP contribution in [-0.4, -0.2) is 65.8 Å². The van der Waals surface area contributed by atoms with Gasteiger partial charge in [0.05, 0.1) is 24.9 Å². The Labute approximate surface area is 200 Å². The monoisotopic (exact) mass is 470 g/mol. The highest BCUT2D eigenvalue weighted by Gasteiger charge is 2.26. The largest absolute Gasteiger partial charge is 0.530 e. The van der Waals surface area contributed by atoms with E-state index in [2.05, 4.69) is 34.4 Å². The zero-order valence-electron chi connectivity index (χ0n) is 20.0. The highest BCUT2D eigenvalue weighted by Crippen LogP contribution is 2.20. The summed E-state index contributed by atoms with van der Waals surface area (Å²) < 4.78 is 5.88. The summed E-state index contributed by atoms with van der Waals surface area (Å²) in [6, 6.07) is 8.38. The van der Waals surface area contributed by atoms with E-state index in [4.69, 9.17) is 4.74 Å². The third kappa shape index (κ3) is 7.13. The third-order valence-electron chi connectivity index (χ3n) is 6.02. The lowest BCUT2D eigenvalue weighted by molar-refractivity contribution is -0.933. The molecule has 2 atom stereocenters. The van der Waals surface area contributed by atoms with E-state index in [0.717, 1.165) is 36.6 Å². The van der Waals surface area contributed by atoms with E-state index in [9.17, 15) is 14.7 Å². The molecule has 2 aromatic rings. The van der Waals surface area contributed by atoms with Gasteiger partial charge in [0.25, 0.3) is 0 Å². The average molecular weight is 471 g/mol. The first-order valence-electron chi connectivity index (χ1n) is 11.7. The fraction of sp³-hybridized carbons (Fsp3) is 0.500. The number of ether oxygens (including phenoxy) is 1. The van der Waals surface area contributed by atoms with Crippen LogP contribution in [0.2, 0.25) is 0 Å². The van der Waals surface area contributed by atoms with E-state index in [1.807, 2.05) is 31.2 Å². The molecule has 0 bridgehead atoms. The maximum atomic E-state index is 11.5. The number of amides is 3. The van der Waals surface area contributed by atoms with E-state index in [1.54, 1.807) is 11.1 Å². The Morgan fingerprint density at radius 1 is 1.29 bits per heavy atom. The molecular formula is C24H34N6O4. The Morgan fingerprint density at radius 2 is 2.06 bits per heavy atom. The van der Waals surface area contributed by atoms with Crippen molar-refractivity contribution < 1.29 is 24.3 Å². The van der Waals surface area contributed by atoms with Gasteiger partial charge in [-0.3, -0.25) is 0 Å². The van der Waals surface area contributed by atoms with E-state index in [1.165, 1.54) is 16.8 Å². The highest BCUT2D eigenvalue weighted by atomic mass is 16.5. The van der Waals surface area contributed by atoms with Crippen LogP contribution in [0.25, 0.3) is 0 Å². The first-order valence-corrected chi connectivity index (χ1v) is 11.7. The summed E-state index contributed by atoms with van der Waals surface area (Å²) in [6.45, 7) is 10.7. The SMILES string of the molecule is CCNC(=O)Nc1ccc(C2C[NH+](C(C)C)CCO2)cc1.O=C([O-])N1CCc2cncnc2C1. The van der Waals surface area contributed by atoms with Crippen LogP contribution in [0.4, 0.5) is 15.3 Å². The number of carboxylic acid groups (broad SMARTS) is 1. The Hall–Kier alpha value is -3.24. The molecule has 2 aliphatic heterocycles. The predicted octanol–water partition coefficient (Wildman–Crippen LogP) is 0.371. The van der Waals surface area contributed by atoms with Crippen molar-refractivity contribution in [3.63, 3.8) is 0 Å². The number of benzene rings is 1. The van der Waals surface area contributed by atoms with Gasteiger partial charge in [0.15, 0.2) is 0 Å². The Balaban J connectivity index is 0.000000212. The van der Waals surface area contributed by atoms with Gasteiger partial charge in [0.2, 0.25) is 0 Å². The van der Waals surface area contributed by atoms with Crippen LogP contribution >= 0.6 is 0 Å². The average Bonchev–Trinajstić information content (AvgIpc) is 2.85. The number of urea groups is 1. The molecule has 1 aromatic carbocycles. The second kappa shape index (κ2) is 12.3. The quantitative estimate of drug-likeness (QED) is 0.593. The Kier molecular flexibility index (Phi) is 9.17. The van der Waals surface area contributed by atoms with E-state index in [0.29, 0.717) is 32.1 Å². The second-order valence-corrected chi connectivity index (χ2v) is 8.67. The summed E-state index contributed by atoms with van der Waals surface area (Å²) in [5.74, 6) is 0. The van der Waals surface area contributed by atoms with Crippen LogP contribution in [0.1, 0.15) is 43.7 Å². The molecule has 10 heteroatoms. The fourth-order valence-corrected chi connectivity index (χ4v) is 3.99. The molecule has 3 N–H and O–H groups in total. The molecule has 2 unspecified atom stereocenters. The lowest BCUT2D eigenvalue weighted by Crippen LogP contribution is -3.16. The number of nitrogens with zero attached hydrogens (tertiary/aromatic N) is 3. The van der Waals surface area contributed by atoms with Gasteiger partial charge < -0.3 is 35.1 Å². The first-order chi connectivity index (χ1) is 16.4. The number of anilines is 1. The second-order valence-electron chi connectivity index (χ2n) is 8.67. The van der Waals surface area contributed by atoms with Crippen molar-refractivity contribution in [2.24, 2.45) is 0 Å². The van der Waals surface area contributed by atoms with Crippen molar-refractivity contribution >= 4 is 17.8 Å². The summed E-state index contributed by atoms with van der Waals surface area (Å²) in [4.78, 5) is 32.7. The maximum absolute atomic E-state index is 11.5. The van der Waals surface area contributed by atoms with Crippen molar-refractivity contribution in [1.82, 2.24) is 20.2 Å². The van der Waals surface area contributed by atoms with E-state index >= 15 is 0 Å². The number of carbonyl (C=O) groups is 2. The standard InChI is InChI=1S/C16H25N3O2.C8H9N3O2/c1-4-17-16(20)18-14-7-5-13(6-8-14)15-11-19(12(2)3)9-10-21-15;12-8(13)11-2-1-6-3-9-5-10-7(6)4-11/h5-8,12,15H,4,9-11H2,1-3H3,(H2,17,18,20);3,5H,1-2,4H2,(H,12,13). The van der Waals surface area contributed by atoms with Crippen molar-refractivity contribution in [1.29, 1.82) is 0 Å². The molecule has 0 aliphatic carbocycles. The lowest BCUT2D eigenvalue weighted by atomic mass is 10.1.